The average Bonchev–Trinajstić information content (AvgIpc) is 2.68. The molecule has 0 aliphatic carbocycles. The number of benzene rings is 2. The Balaban J connectivity index is 1.78. The highest BCUT2D eigenvalue weighted by Gasteiger charge is 2.34. The van der Waals surface area contributed by atoms with Gasteiger partial charge in [-0.15, -0.1) is 0 Å². The van der Waals surface area contributed by atoms with Crippen molar-refractivity contribution in [3.63, 3.8) is 0 Å². The van der Waals surface area contributed by atoms with Crippen molar-refractivity contribution >= 4 is 69.3 Å². The second-order valence-electron chi connectivity index (χ2n) is 6.13. The lowest BCUT2D eigenvalue weighted by atomic mass is 10.2. The monoisotopic (exact) mass is 451 g/mol. The Kier molecular flexibility index (Phi) is 6.46. The van der Waals surface area contributed by atoms with Crippen molar-refractivity contribution in [2.24, 2.45) is 4.99 Å². The number of aromatic carboxylic acids is 1. The van der Waals surface area contributed by atoms with Crippen LogP contribution in [0.25, 0.3) is 0 Å². The molecule has 0 spiro atoms. The summed E-state index contributed by atoms with van der Waals surface area (Å²) in [5.74, 6) is -1.70. The molecule has 29 heavy (non-hydrogen) atoms. The van der Waals surface area contributed by atoms with E-state index in [9.17, 15) is 14.4 Å². The minimum Gasteiger partial charge on any atom is -0.478 e. The third-order valence-electron chi connectivity index (χ3n) is 4.08. The third-order valence-corrected chi connectivity index (χ3v) is 5.88. The van der Waals surface area contributed by atoms with Gasteiger partial charge in [0.2, 0.25) is 11.8 Å². The lowest BCUT2D eigenvalue weighted by molar-refractivity contribution is -0.128. The molecule has 1 aliphatic rings. The first-order valence-electron chi connectivity index (χ1n) is 8.36. The van der Waals surface area contributed by atoms with Gasteiger partial charge in [-0.2, -0.15) is 0 Å². The molecule has 0 saturated carbocycles. The summed E-state index contributed by atoms with van der Waals surface area (Å²) in [5, 5.41) is 12.1. The molecule has 2 amide bonds. The Morgan fingerprint density at radius 3 is 2.55 bits per heavy atom. The molecular weight excluding hydrogens is 437 g/mol. The zero-order valence-electron chi connectivity index (χ0n) is 15.1. The first kappa shape index (κ1) is 21.2. The summed E-state index contributed by atoms with van der Waals surface area (Å²) in [6.07, 6.45) is 0.00249. The van der Waals surface area contributed by atoms with Crippen molar-refractivity contribution in [1.29, 1.82) is 0 Å². The van der Waals surface area contributed by atoms with Crippen molar-refractivity contribution in [1.82, 2.24) is 4.90 Å². The van der Waals surface area contributed by atoms with Gasteiger partial charge in [-0.3, -0.25) is 14.5 Å². The normalized spacial score (nSPS) is 18.0. The molecule has 1 unspecified atom stereocenters. The van der Waals surface area contributed by atoms with E-state index in [0.717, 1.165) is 11.8 Å². The summed E-state index contributed by atoms with van der Waals surface area (Å²) in [5.41, 5.74) is 0.939. The number of carbonyl (C=O) groups is 3. The van der Waals surface area contributed by atoms with Gasteiger partial charge in [0.1, 0.15) is 5.25 Å². The van der Waals surface area contributed by atoms with Gasteiger partial charge in [0.15, 0.2) is 5.17 Å². The number of anilines is 1. The SMILES string of the molecule is CN1C(=O)CC(C(=O)Nc2ccc(C(=O)O)cc2)SC1=Nc1cc(Cl)ccc1Cl. The van der Waals surface area contributed by atoms with Crippen molar-refractivity contribution in [2.45, 2.75) is 11.7 Å². The number of carboxylic acids is 1. The highest BCUT2D eigenvalue weighted by atomic mass is 35.5. The van der Waals surface area contributed by atoms with Crippen LogP contribution in [-0.4, -0.2) is 45.3 Å². The number of hydrogen-bond acceptors (Lipinski definition) is 5. The van der Waals surface area contributed by atoms with Gasteiger partial charge in [0.25, 0.3) is 0 Å². The van der Waals surface area contributed by atoms with Crippen molar-refractivity contribution in [3.05, 3.63) is 58.1 Å². The van der Waals surface area contributed by atoms with Crippen LogP contribution in [0.5, 0.6) is 0 Å². The molecule has 0 aromatic heterocycles. The van der Waals surface area contributed by atoms with E-state index in [2.05, 4.69) is 10.3 Å². The number of halogens is 2. The Labute approximate surface area is 180 Å². The minimum absolute atomic E-state index is 0.00249. The van der Waals surface area contributed by atoms with Crippen molar-refractivity contribution in [2.75, 3.05) is 12.4 Å². The van der Waals surface area contributed by atoms with E-state index < -0.39 is 11.2 Å². The van der Waals surface area contributed by atoms with Crippen LogP contribution in [0.1, 0.15) is 16.8 Å². The maximum absolute atomic E-state index is 12.6. The van der Waals surface area contributed by atoms with E-state index >= 15 is 0 Å². The van der Waals surface area contributed by atoms with Gasteiger partial charge in [-0.1, -0.05) is 35.0 Å². The fourth-order valence-electron chi connectivity index (χ4n) is 2.49. The maximum atomic E-state index is 12.6. The number of aliphatic imine (C=N–C) groups is 1. The Bertz CT molecular complexity index is 1010. The summed E-state index contributed by atoms with van der Waals surface area (Å²) in [6, 6.07) is 10.6. The van der Waals surface area contributed by atoms with Gasteiger partial charge >= 0.3 is 5.97 Å². The molecule has 1 atom stereocenters. The highest BCUT2D eigenvalue weighted by molar-refractivity contribution is 8.15. The molecule has 150 valence electrons. The molecule has 1 fully saturated rings. The molecule has 10 heteroatoms. The zero-order chi connectivity index (χ0) is 21.1. The summed E-state index contributed by atoms with van der Waals surface area (Å²) in [7, 11) is 1.57. The van der Waals surface area contributed by atoms with Gasteiger partial charge < -0.3 is 10.4 Å². The molecule has 0 radical (unpaired) electrons. The standard InChI is InChI=1S/C19H15Cl2N3O4S/c1-24-16(25)9-15(17(26)22-12-5-2-10(3-6-12)18(27)28)29-19(24)23-14-8-11(20)4-7-13(14)21/h2-8,15H,9H2,1H3,(H,22,26)(H,27,28). The summed E-state index contributed by atoms with van der Waals surface area (Å²) < 4.78 is 0. The number of hydrogen-bond donors (Lipinski definition) is 2. The van der Waals surface area contributed by atoms with Crippen molar-refractivity contribution in [3.8, 4) is 0 Å². The maximum Gasteiger partial charge on any atom is 0.335 e. The average molecular weight is 452 g/mol. The second-order valence-corrected chi connectivity index (χ2v) is 8.14. The molecule has 1 saturated heterocycles. The number of thioether (sulfide) groups is 1. The van der Waals surface area contributed by atoms with Gasteiger partial charge in [0.05, 0.1) is 16.3 Å². The van der Waals surface area contributed by atoms with E-state index in [-0.39, 0.29) is 23.8 Å². The van der Waals surface area contributed by atoms with Gasteiger partial charge in [-0.25, -0.2) is 9.79 Å². The number of nitrogens with zero attached hydrogens (tertiary/aromatic N) is 2. The van der Waals surface area contributed by atoms with E-state index in [0.29, 0.717) is 26.6 Å². The smallest absolute Gasteiger partial charge is 0.335 e. The zero-order valence-corrected chi connectivity index (χ0v) is 17.4. The predicted octanol–water partition coefficient (Wildman–Crippen LogP) is 4.28. The second kappa shape index (κ2) is 8.86. The van der Waals surface area contributed by atoms with E-state index in [1.807, 2.05) is 0 Å². The molecule has 2 aromatic rings. The molecule has 3 rings (SSSR count). The van der Waals surface area contributed by atoms with Crippen molar-refractivity contribution < 1.29 is 19.5 Å². The topological polar surface area (TPSA) is 99.1 Å². The number of rotatable bonds is 4. The van der Waals surface area contributed by atoms with Crippen LogP contribution >= 0.6 is 35.0 Å². The van der Waals surface area contributed by atoms with Crippen LogP contribution < -0.4 is 5.32 Å². The lowest BCUT2D eigenvalue weighted by Gasteiger charge is -2.28. The van der Waals surface area contributed by atoms with Crippen LogP contribution in [0, 0.1) is 0 Å². The Morgan fingerprint density at radius 1 is 1.21 bits per heavy atom. The fraction of sp³-hybridized carbons (Fsp3) is 0.158. The predicted molar refractivity (Wildman–Crippen MR) is 114 cm³/mol. The third kappa shape index (κ3) is 5.09. The molecule has 2 N–H and O–H groups in total. The minimum atomic E-state index is -1.06. The van der Waals surface area contributed by atoms with E-state index in [4.69, 9.17) is 28.3 Å². The molecule has 7 nitrogen and oxygen atoms in total. The highest BCUT2D eigenvalue weighted by Crippen LogP contribution is 2.33. The van der Waals surface area contributed by atoms with Gasteiger partial charge in [-0.05, 0) is 42.5 Å². The molecular formula is C19H15Cl2N3O4S. The molecule has 0 bridgehead atoms. The van der Waals surface area contributed by atoms with Crippen LogP contribution in [0.2, 0.25) is 10.0 Å². The molecule has 2 aromatic carbocycles. The van der Waals surface area contributed by atoms with Gasteiger partial charge in [0, 0.05) is 24.2 Å². The molecule has 1 aliphatic heterocycles. The van der Waals surface area contributed by atoms with Crippen LogP contribution in [0.15, 0.2) is 47.5 Å². The first-order valence-corrected chi connectivity index (χ1v) is 9.99. The largest absolute Gasteiger partial charge is 0.478 e. The van der Waals surface area contributed by atoms with Crippen LogP contribution in [-0.2, 0) is 9.59 Å². The van der Waals surface area contributed by atoms with Crippen LogP contribution in [0.4, 0.5) is 11.4 Å². The number of carboxylic acid groups (broad SMARTS) is 1. The summed E-state index contributed by atoms with van der Waals surface area (Å²) in [6.45, 7) is 0. The quantitative estimate of drug-likeness (QED) is 0.722. The van der Waals surface area contributed by atoms with Crippen LogP contribution in [0.3, 0.4) is 0 Å². The summed E-state index contributed by atoms with van der Waals surface area (Å²) >= 11 is 13.3. The number of nitrogens with one attached hydrogen (secondary N) is 1. The molecule has 1 heterocycles. The lowest BCUT2D eigenvalue weighted by Crippen LogP contribution is -2.43. The van der Waals surface area contributed by atoms with E-state index in [1.54, 1.807) is 25.2 Å². The number of amides is 2. The fourth-order valence-corrected chi connectivity index (χ4v) is 3.87. The summed E-state index contributed by atoms with van der Waals surface area (Å²) in [4.78, 5) is 41.7. The Morgan fingerprint density at radius 2 is 1.90 bits per heavy atom. The number of amidine groups is 1. The number of carbonyl (C=O) groups excluding carboxylic acids is 2. The van der Waals surface area contributed by atoms with E-state index in [1.165, 1.54) is 29.2 Å². The Hall–Kier alpha value is -2.55. The first-order chi connectivity index (χ1) is 13.7.